The van der Waals surface area contributed by atoms with Crippen LogP contribution >= 0.6 is 15.9 Å². The Kier molecular flexibility index (Phi) is 5.91. The topological polar surface area (TPSA) is 76.4 Å². The van der Waals surface area contributed by atoms with Crippen molar-refractivity contribution in [2.24, 2.45) is 5.41 Å². The van der Waals surface area contributed by atoms with Crippen LogP contribution in [0.15, 0.2) is 22.7 Å². The van der Waals surface area contributed by atoms with Crippen molar-refractivity contribution in [1.82, 2.24) is 0 Å². The summed E-state index contributed by atoms with van der Waals surface area (Å²) in [5.41, 5.74) is -0.968. The molecule has 0 bridgehead atoms. The van der Waals surface area contributed by atoms with Crippen molar-refractivity contribution < 1.29 is 19.1 Å². The summed E-state index contributed by atoms with van der Waals surface area (Å²) < 4.78 is 11.0. The van der Waals surface area contributed by atoms with E-state index in [1.54, 1.807) is 25.1 Å². The Morgan fingerprint density at radius 1 is 1.38 bits per heavy atom. The molecule has 5 nitrogen and oxygen atoms in total. The first-order valence-corrected chi connectivity index (χ1v) is 7.15. The second-order valence-electron chi connectivity index (χ2n) is 4.81. The summed E-state index contributed by atoms with van der Waals surface area (Å²) in [6, 6.07) is 6.87. The quantitative estimate of drug-likeness (QED) is 0.580. The summed E-state index contributed by atoms with van der Waals surface area (Å²) in [5, 5.41) is 9.02. The number of benzene rings is 1. The fraction of sp³-hybridized carbons (Fsp3) is 0.400. The lowest BCUT2D eigenvalue weighted by Crippen LogP contribution is -2.38. The van der Waals surface area contributed by atoms with Gasteiger partial charge < -0.3 is 9.47 Å². The van der Waals surface area contributed by atoms with Gasteiger partial charge in [0.15, 0.2) is 5.78 Å². The number of nitriles is 1. The highest BCUT2D eigenvalue weighted by Crippen LogP contribution is 2.24. The first kappa shape index (κ1) is 17.2. The number of ketones is 1. The molecule has 1 aromatic carbocycles. The maximum Gasteiger partial charge on any atom is 0.319 e. The zero-order valence-electron chi connectivity index (χ0n) is 12.1. The van der Waals surface area contributed by atoms with E-state index in [9.17, 15) is 9.59 Å². The third-order valence-corrected chi connectivity index (χ3v) is 3.40. The van der Waals surface area contributed by atoms with Gasteiger partial charge in [0.25, 0.3) is 0 Å². The predicted molar refractivity (Wildman–Crippen MR) is 79.8 cm³/mol. The van der Waals surface area contributed by atoms with Crippen molar-refractivity contribution in [3.05, 3.63) is 28.2 Å². The molecule has 0 aliphatic rings. The number of hydrogen-bond donors (Lipinski definition) is 0. The summed E-state index contributed by atoms with van der Waals surface area (Å²) in [7, 11) is 0. The normalized spacial score (nSPS) is 10.6. The van der Waals surface area contributed by atoms with E-state index in [0.717, 1.165) is 4.47 Å². The van der Waals surface area contributed by atoms with Gasteiger partial charge in [-0.3, -0.25) is 9.59 Å². The predicted octanol–water partition coefficient (Wildman–Crippen LogP) is 2.86. The van der Waals surface area contributed by atoms with Crippen LogP contribution in [0.25, 0.3) is 0 Å². The Morgan fingerprint density at radius 3 is 2.62 bits per heavy atom. The van der Waals surface area contributed by atoms with Crippen LogP contribution < -0.4 is 4.74 Å². The van der Waals surface area contributed by atoms with E-state index in [2.05, 4.69) is 15.9 Å². The number of halogens is 1. The van der Waals surface area contributed by atoms with Crippen LogP contribution in [-0.4, -0.2) is 25.0 Å². The number of nitrogens with zero attached hydrogens (tertiary/aromatic N) is 1. The first-order valence-electron chi connectivity index (χ1n) is 6.36. The van der Waals surface area contributed by atoms with Gasteiger partial charge in [-0.1, -0.05) is 15.9 Å². The van der Waals surface area contributed by atoms with E-state index in [4.69, 9.17) is 14.7 Å². The fourth-order valence-electron chi connectivity index (χ4n) is 1.46. The van der Waals surface area contributed by atoms with Gasteiger partial charge in [0.05, 0.1) is 12.2 Å². The number of Topliss-reactive ketones (excluding diaryl/α,β-unsaturated/α-hetero) is 1. The molecule has 1 rings (SSSR count). The Bertz CT molecular complexity index is 590. The highest BCUT2D eigenvalue weighted by atomic mass is 79.9. The molecule has 0 atom stereocenters. The molecule has 112 valence electrons. The molecular weight excluding hydrogens is 338 g/mol. The number of esters is 1. The third kappa shape index (κ3) is 4.30. The van der Waals surface area contributed by atoms with Crippen LogP contribution in [0.4, 0.5) is 0 Å². The Hall–Kier alpha value is -1.87. The van der Waals surface area contributed by atoms with Crippen LogP contribution in [0.3, 0.4) is 0 Å². The molecule has 0 unspecified atom stereocenters. The molecule has 0 aromatic heterocycles. The molecule has 0 aliphatic heterocycles. The van der Waals surface area contributed by atoms with Crippen molar-refractivity contribution in [2.45, 2.75) is 20.8 Å². The van der Waals surface area contributed by atoms with E-state index in [-0.39, 0.29) is 13.2 Å². The van der Waals surface area contributed by atoms with E-state index in [0.29, 0.717) is 11.3 Å². The molecule has 1 aromatic rings. The molecule has 0 spiro atoms. The maximum atomic E-state index is 12.1. The van der Waals surface area contributed by atoms with Crippen molar-refractivity contribution in [1.29, 1.82) is 5.26 Å². The third-order valence-electron chi connectivity index (χ3n) is 2.90. The number of ether oxygens (including phenoxy) is 2. The molecule has 0 saturated heterocycles. The van der Waals surface area contributed by atoms with Gasteiger partial charge in [0, 0.05) is 4.47 Å². The monoisotopic (exact) mass is 353 g/mol. The van der Waals surface area contributed by atoms with Crippen LogP contribution in [0.1, 0.15) is 26.3 Å². The average molecular weight is 354 g/mol. The molecule has 6 heteroatoms. The van der Waals surface area contributed by atoms with Crippen LogP contribution in [0.2, 0.25) is 0 Å². The minimum Gasteiger partial charge on any atom is -0.484 e. The number of hydrogen-bond acceptors (Lipinski definition) is 5. The fourth-order valence-corrected chi connectivity index (χ4v) is 1.83. The van der Waals surface area contributed by atoms with Gasteiger partial charge in [0.2, 0.25) is 0 Å². The van der Waals surface area contributed by atoms with Crippen LogP contribution in [0, 0.1) is 16.7 Å². The molecule has 21 heavy (non-hydrogen) atoms. The summed E-state index contributed by atoms with van der Waals surface area (Å²) in [4.78, 5) is 23.8. The number of carbonyl (C=O) groups excluding carboxylic acids is 2. The molecule has 0 radical (unpaired) electrons. The lowest BCUT2D eigenvalue weighted by atomic mass is 9.88. The lowest BCUT2D eigenvalue weighted by molar-refractivity contribution is -0.158. The van der Waals surface area contributed by atoms with E-state index >= 15 is 0 Å². The zero-order valence-corrected chi connectivity index (χ0v) is 13.7. The van der Waals surface area contributed by atoms with Crippen molar-refractivity contribution in [2.75, 3.05) is 13.2 Å². The molecule has 0 saturated carbocycles. The van der Waals surface area contributed by atoms with Gasteiger partial charge in [-0.2, -0.15) is 5.26 Å². The summed E-state index contributed by atoms with van der Waals surface area (Å²) >= 11 is 3.25. The largest absolute Gasteiger partial charge is 0.484 e. The Labute approximate surface area is 132 Å². The van der Waals surface area contributed by atoms with Gasteiger partial charge in [-0.15, -0.1) is 0 Å². The van der Waals surface area contributed by atoms with Crippen LogP contribution in [0.5, 0.6) is 5.75 Å². The number of carbonyl (C=O) groups is 2. The summed E-state index contributed by atoms with van der Waals surface area (Å²) in [5.74, 6) is -0.698. The minimum atomic E-state index is -1.28. The second-order valence-corrected chi connectivity index (χ2v) is 5.73. The summed E-state index contributed by atoms with van der Waals surface area (Å²) in [6.45, 7) is 4.56. The van der Waals surface area contributed by atoms with Gasteiger partial charge in [0.1, 0.15) is 23.8 Å². The maximum absolute atomic E-state index is 12.1. The molecule has 0 aliphatic carbocycles. The van der Waals surface area contributed by atoms with Gasteiger partial charge in [-0.25, -0.2) is 0 Å². The smallest absolute Gasteiger partial charge is 0.319 e. The molecule has 0 heterocycles. The van der Waals surface area contributed by atoms with Crippen molar-refractivity contribution in [3.8, 4) is 11.8 Å². The molecule has 0 fully saturated rings. The number of rotatable bonds is 6. The van der Waals surface area contributed by atoms with Crippen molar-refractivity contribution >= 4 is 27.7 Å². The van der Waals surface area contributed by atoms with E-state index in [1.165, 1.54) is 13.8 Å². The SMILES string of the molecule is CCOC(=O)C(C)(C)C(=O)COc1ccc(Br)cc1C#N. The standard InChI is InChI=1S/C15H16BrNO4/c1-4-20-14(19)15(2,3)13(18)9-21-12-6-5-11(16)7-10(12)8-17/h5-7H,4,9H2,1-3H3. The summed E-state index contributed by atoms with van der Waals surface area (Å²) in [6.07, 6.45) is 0. The molecule has 0 N–H and O–H groups in total. The Morgan fingerprint density at radius 2 is 2.05 bits per heavy atom. The zero-order chi connectivity index (χ0) is 16.0. The van der Waals surface area contributed by atoms with Crippen molar-refractivity contribution in [3.63, 3.8) is 0 Å². The lowest BCUT2D eigenvalue weighted by Gasteiger charge is -2.20. The van der Waals surface area contributed by atoms with Gasteiger partial charge >= 0.3 is 5.97 Å². The second kappa shape index (κ2) is 7.23. The molecular formula is C15H16BrNO4. The molecule has 0 amide bonds. The highest BCUT2D eigenvalue weighted by molar-refractivity contribution is 9.10. The van der Waals surface area contributed by atoms with Crippen LogP contribution in [-0.2, 0) is 14.3 Å². The van der Waals surface area contributed by atoms with E-state index in [1.807, 2.05) is 6.07 Å². The van der Waals surface area contributed by atoms with E-state index < -0.39 is 17.2 Å². The van der Waals surface area contributed by atoms with Gasteiger partial charge in [-0.05, 0) is 39.0 Å². The first-order chi connectivity index (χ1) is 9.82. The Balaban J connectivity index is 2.78. The highest BCUT2D eigenvalue weighted by Gasteiger charge is 2.37. The minimum absolute atomic E-state index is 0.210. The average Bonchev–Trinajstić information content (AvgIpc) is 2.45.